The lowest BCUT2D eigenvalue weighted by Crippen LogP contribution is -2.36. The van der Waals surface area contributed by atoms with Crippen molar-refractivity contribution in [2.45, 2.75) is 11.8 Å². The SMILES string of the molecule is O=C=NCC1(F)C=CC=CC1F. The average Bonchev–Trinajstić information content (AvgIpc) is 2.07. The summed E-state index contributed by atoms with van der Waals surface area (Å²) in [4.78, 5) is 12.7. The fourth-order valence-electron chi connectivity index (χ4n) is 0.922. The smallest absolute Gasteiger partial charge is 0.235 e. The summed E-state index contributed by atoms with van der Waals surface area (Å²) in [7, 11) is 0. The van der Waals surface area contributed by atoms with Crippen LogP contribution in [0.5, 0.6) is 0 Å². The summed E-state index contributed by atoms with van der Waals surface area (Å²) >= 11 is 0. The third-order valence-corrected chi connectivity index (χ3v) is 1.61. The van der Waals surface area contributed by atoms with E-state index in [0.717, 1.165) is 12.2 Å². The van der Waals surface area contributed by atoms with Crippen LogP contribution in [0.3, 0.4) is 0 Å². The third-order valence-electron chi connectivity index (χ3n) is 1.61. The zero-order valence-corrected chi connectivity index (χ0v) is 6.21. The summed E-state index contributed by atoms with van der Waals surface area (Å²) in [5, 5.41) is 0. The Bertz CT molecular complexity index is 268. The van der Waals surface area contributed by atoms with Crippen LogP contribution in [-0.4, -0.2) is 24.5 Å². The van der Waals surface area contributed by atoms with E-state index in [9.17, 15) is 13.6 Å². The van der Waals surface area contributed by atoms with Crippen molar-refractivity contribution in [2.24, 2.45) is 4.99 Å². The van der Waals surface area contributed by atoms with Crippen molar-refractivity contribution in [3.8, 4) is 0 Å². The van der Waals surface area contributed by atoms with Crippen LogP contribution >= 0.6 is 0 Å². The molecule has 0 spiro atoms. The molecular formula is C8H7F2NO. The molecule has 1 aliphatic carbocycles. The fraction of sp³-hybridized carbons (Fsp3) is 0.375. The van der Waals surface area contributed by atoms with Gasteiger partial charge in [-0.05, 0) is 12.2 Å². The number of carbonyl (C=O) groups excluding carboxylic acids is 1. The average molecular weight is 171 g/mol. The van der Waals surface area contributed by atoms with E-state index in [-0.39, 0.29) is 0 Å². The maximum Gasteiger partial charge on any atom is 0.235 e. The van der Waals surface area contributed by atoms with Gasteiger partial charge < -0.3 is 0 Å². The Kier molecular flexibility index (Phi) is 2.51. The van der Waals surface area contributed by atoms with Gasteiger partial charge in [0.1, 0.15) is 0 Å². The number of nitrogens with zero attached hydrogens (tertiary/aromatic N) is 1. The normalized spacial score (nSPS) is 33.0. The van der Waals surface area contributed by atoms with Crippen molar-refractivity contribution in [2.75, 3.05) is 6.54 Å². The van der Waals surface area contributed by atoms with Gasteiger partial charge in [0.05, 0.1) is 6.54 Å². The molecule has 0 amide bonds. The molecule has 0 bridgehead atoms. The molecule has 2 nitrogen and oxygen atoms in total. The van der Waals surface area contributed by atoms with Crippen LogP contribution in [0, 0.1) is 0 Å². The minimum Gasteiger partial charge on any atom is -0.239 e. The maximum atomic E-state index is 13.4. The van der Waals surface area contributed by atoms with Crippen LogP contribution < -0.4 is 0 Å². The molecule has 0 saturated carbocycles. The summed E-state index contributed by atoms with van der Waals surface area (Å²) in [6.07, 6.45) is 4.37. The zero-order valence-electron chi connectivity index (χ0n) is 6.21. The second-order valence-corrected chi connectivity index (χ2v) is 2.48. The van der Waals surface area contributed by atoms with E-state index in [2.05, 4.69) is 4.99 Å². The quantitative estimate of drug-likeness (QED) is 0.457. The minimum atomic E-state index is -2.17. The van der Waals surface area contributed by atoms with Gasteiger partial charge in [0, 0.05) is 0 Å². The lowest BCUT2D eigenvalue weighted by Gasteiger charge is -2.22. The highest BCUT2D eigenvalue weighted by Gasteiger charge is 2.36. The minimum absolute atomic E-state index is 0.515. The van der Waals surface area contributed by atoms with Crippen molar-refractivity contribution in [1.82, 2.24) is 0 Å². The largest absolute Gasteiger partial charge is 0.239 e. The fourth-order valence-corrected chi connectivity index (χ4v) is 0.922. The predicted molar refractivity (Wildman–Crippen MR) is 40.0 cm³/mol. The Morgan fingerprint density at radius 1 is 1.58 bits per heavy atom. The molecule has 1 rings (SSSR count). The lowest BCUT2D eigenvalue weighted by atomic mass is 9.96. The van der Waals surface area contributed by atoms with Gasteiger partial charge in [-0.3, -0.25) is 0 Å². The summed E-state index contributed by atoms with van der Waals surface area (Å²) in [5.41, 5.74) is -2.17. The first-order chi connectivity index (χ1) is 5.69. The maximum absolute atomic E-state index is 13.4. The van der Waals surface area contributed by atoms with Crippen LogP contribution in [0.4, 0.5) is 8.78 Å². The zero-order chi connectivity index (χ0) is 9.03. The lowest BCUT2D eigenvalue weighted by molar-refractivity contribution is 0.133. The van der Waals surface area contributed by atoms with Crippen LogP contribution in [0.15, 0.2) is 29.3 Å². The molecule has 0 aliphatic heterocycles. The number of rotatable bonds is 2. The van der Waals surface area contributed by atoms with E-state index in [1.165, 1.54) is 18.2 Å². The number of alkyl halides is 2. The first-order valence-electron chi connectivity index (χ1n) is 3.42. The second kappa shape index (κ2) is 3.41. The molecule has 0 N–H and O–H groups in total. The van der Waals surface area contributed by atoms with E-state index in [0.29, 0.717) is 0 Å². The Morgan fingerprint density at radius 3 is 2.92 bits per heavy atom. The van der Waals surface area contributed by atoms with Gasteiger partial charge in [0.15, 0.2) is 11.8 Å². The molecule has 2 unspecified atom stereocenters. The number of allylic oxidation sites excluding steroid dienone is 3. The van der Waals surface area contributed by atoms with Crippen LogP contribution in [0.25, 0.3) is 0 Å². The number of isocyanates is 1. The summed E-state index contributed by atoms with van der Waals surface area (Å²) in [5.74, 6) is 0. The molecule has 0 heterocycles. The molecule has 0 aromatic rings. The van der Waals surface area contributed by atoms with Gasteiger partial charge in [-0.1, -0.05) is 12.2 Å². The van der Waals surface area contributed by atoms with Crippen molar-refractivity contribution >= 4 is 6.08 Å². The summed E-state index contributed by atoms with van der Waals surface area (Å²) in [6.45, 7) is -0.515. The standard InChI is InChI=1S/C8H7F2NO/c9-7-3-1-2-4-8(7,10)5-11-6-12/h1-4,7H,5H2. The molecule has 0 saturated heterocycles. The first kappa shape index (κ1) is 8.81. The van der Waals surface area contributed by atoms with Crippen LogP contribution in [0.2, 0.25) is 0 Å². The topological polar surface area (TPSA) is 29.4 Å². The molecule has 0 radical (unpaired) electrons. The molecule has 12 heavy (non-hydrogen) atoms. The molecule has 2 atom stereocenters. The van der Waals surface area contributed by atoms with Crippen LogP contribution in [0.1, 0.15) is 0 Å². The number of halogens is 2. The Labute approximate surface area is 68.3 Å². The van der Waals surface area contributed by atoms with E-state index in [1.54, 1.807) is 0 Å². The van der Waals surface area contributed by atoms with E-state index >= 15 is 0 Å². The predicted octanol–water partition coefficient (Wildman–Crippen LogP) is 1.49. The summed E-state index contributed by atoms with van der Waals surface area (Å²) in [6, 6.07) is 0. The van der Waals surface area contributed by atoms with Crippen LogP contribution in [-0.2, 0) is 4.79 Å². The highest BCUT2D eigenvalue weighted by molar-refractivity contribution is 5.34. The Hall–Kier alpha value is -1.28. The molecule has 0 fully saturated rings. The van der Waals surface area contributed by atoms with Gasteiger partial charge >= 0.3 is 0 Å². The third kappa shape index (κ3) is 1.66. The highest BCUT2D eigenvalue weighted by Crippen LogP contribution is 2.25. The number of aliphatic imine (C=N–C) groups is 1. The van der Waals surface area contributed by atoms with Gasteiger partial charge in [-0.15, -0.1) is 0 Å². The van der Waals surface area contributed by atoms with Crippen molar-refractivity contribution in [1.29, 1.82) is 0 Å². The monoisotopic (exact) mass is 171 g/mol. The molecule has 1 aliphatic rings. The molecular weight excluding hydrogens is 164 g/mol. The van der Waals surface area contributed by atoms with Gasteiger partial charge in [-0.25, -0.2) is 18.6 Å². The molecule has 0 aromatic heterocycles. The first-order valence-corrected chi connectivity index (χ1v) is 3.42. The van der Waals surface area contributed by atoms with E-state index in [4.69, 9.17) is 0 Å². The van der Waals surface area contributed by atoms with Crippen molar-refractivity contribution < 1.29 is 13.6 Å². The Balaban J connectivity index is 2.75. The molecule has 0 aromatic carbocycles. The number of hydrogen-bond donors (Lipinski definition) is 0. The Morgan fingerprint density at radius 2 is 2.33 bits per heavy atom. The number of hydrogen-bond acceptors (Lipinski definition) is 2. The highest BCUT2D eigenvalue weighted by atomic mass is 19.2. The second-order valence-electron chi connectivity index (χ2n) is 2.48. The molecule has 4 heteroatoms. The summed E-state index contributed by atoms with van der Waals surface area (Å²) < 4.78 is 26.2. The molecule has 64 valence electrons. The van der Waals surface area contributed by atoms with Gasteiger partial charge in [-0.2, -0.15) is 0 Å². The van der Waals surface area contributed by atoms with E-state index in [1.807, 2.05) is 0 Å². The van der Waals surface area contributed by atoms with Crippen molar-refractivity contribution in [3.05, 3.63) is 24.3 Å². The van der Waals surface area contributed by atoms with Gasteiger partial charge in [0.2, 0.25) is 6.08 Å². The van der Waals surface area contributed by atoms with Crippen molar-refractivity contribution in [3.63, 3.8) is 0 Å². The van der Waals surface area contributed by atoms with E-state index < -0.39 is 18.4 Å². The van der Waals surface area contributed by atoms with Gasteiger partial charge in [0.25, 0.3) is 0 Å².